The van der Waals surface area contributed by atoms with E-state index in [1.165, 1.54) is 58.7 Å². The summed E-state index contributed by atoms with van der Waals surface area (Å²) in [4.78, 5) is 7.68. The molecule has 18 heavy (non-hydrogen) atoms. The summed E-state index contributed by atoms with van der Waals surface area (Å²) < 4.78 is 0. The third kappa shape index (κ3) is 2.33. The van der Waals surface area contributed by atoms with E-state index in [-0.39, 0.29) is 0 Å². The Bertz CT molecular complexity index is 298. The summed E-state index contributed by atoms with van der Waals surface area (Å²) in [5.41, 5.74) is 0.732. The second kappa shape index (κ2) is 4.77. The Kier molecular flexibility index (Phi) is 3.41. The summed E-state index contributed by atoms with van der Waals surface area (Å²) in [6.07, 6.45) is 2.96. The van der Waals surface area contributed by atoms with Crippen LogP contribution < -0.4 is 0 Å². The predicted molar refractivity (Wildman–Crippen MR) is 75.8 cm³/mol. The maximum absolute atomic E-state index is 2.71. The van der Waals surface area contributed by atoms with Crippen LogP contribution in [0.25, 0.3) is 0 Å². The number of likely N-dealkylation sites (N-methyl/N-ethyl adjacent to an activating group) is 1. The van der Waals surface area contributed by atoms with Crippen LogP contribution in [0.1, 0.15) is 19.8 Å². The van der Waals surface area contributed by atoms with Gasteiger partial charge in [-0.1, -0.05) is 6.92 Å². The fourth-order valence-corrected chi connectivity index (χ4v) is 4.28. The Morgan fingerprint density at radius 3 is 2.39 bits per heavy atom. The first-order chi connectivity index (χ1) is 8.60. The maximum atomic E-state index is 2.71. The highest BCUT2D eigenvalue weighted by Gasteiger charge is 2.58. The molecule has 0 bridgehead atoms. The molecule has 0 amide bonds. The Labute approximate surface area is 112 Å². The SMILES string of the molecule is C[C@@H]1CN(C)CCC12CC2CN1CCN(C)CC1. The third-order valence-corrected chi connectivity index (χ3v) is 5.88. The van der Waals surface area contributed by atoms with Gasteiger partial charge in [0.05, 0.1) is 0 Å². The minimum absolute atomic E-state index is 0.732. The third-order valence-electron chi connectivity index (χ3n) is 5.88. The molecule has 1 aliphatic carbocycles. The molecule has 3 nitrogen and oxygen atoms in total. The van der Waals surface area contributed by atoms with Crippen molar-refractivity contribution in [3.05, 3.63) is 0 Å². The van der Waals surface area contributed by atoms with Gasteiger partial charge < -0.3 is 14.7 Å². The highest BCUT2D eigenvalue weighted by molar-refractivity contribution is 5.08. The van der Waals surface area contributed by atoms with E-state index in [4.69, 9.17) is 0 Å². The molecule has 0 aromatic rings. The Hall–Kier alpha value is -0.120. The van der Waals surface area contributed by atoms with E-state index >= 15 is 0 Å². The van der Waals surface area contributed by atoms with Crippen LogP contribution in [0.2, 0.25) is 0 Å². The highest BCUT2D eigenvalue weighted by Crippen LogP contribution is 2.62. The van der Waals surface area contributed by atoms with Crippen molar-refractivity contribution in [3.8, 4) is 0 Å². The first kappa shape index (κ1) is 12.9. The molecule has 1 saturated carbocycles. The molecule has 104 valence electrons. The van der Waals surface area contributed by atoms with Crippen molar-refractivity contribution in [3.63, 3.8) is 0 Å². The number of piperazine rings is 1. The molecule has 3 heteroatoms. The Morgan fingerprint density at radius 1 is 1.00 bits per heavy atom. The summed E-state index contributed by atoms with van der Waals surface area (Å²) >= 11 is 0. The molecule has 0 radical (unpaired) electrons. The summed E-state index contributed by atoms with van der Waals surface area (Å²) in [7, 11) is 4.52. The number of nitrogens with zero attached hydrogens (tertiary/aromatic N) is 3. The van der Waals surface area contributed by atoms with Crippen LogP contribution in [0.3, 0.4) is 0 Å². The van der Waals surface area contributed by atoms with Gasteiger partial charge in [-0.3, -0.25) is 0 Å². The van der Waals surface area contributed by atoms with Crippen LogP contribution >= 0.6 is 0 Å². The van der Waals surface area contributed by atoms with E-state index < -0.39 is 0 Å². The smallest absolute Gasteiger partial charge is 0.0110 e. The zero-order valence-corrected chi connectivity index (χ0v) is 12.4. The van der Waals surface area contributed by atoms with Gasteiger partial charge in [-0.15, -0.1) is 0 Å². The summed E-state index contributed by atoms with van der Waals surface area (Å²) in [5, 5.41) is 0. The van der Waals surface area contributed by atoms with E-state index in [0.717, 1.165) is 17.3 Å². The van der Waals surface area contributed by atoms with Crippen molar-refractivity contribution in [2.75, 3.05) is 59.9 Å². The first-order valence-electron chi connectivity index (χ1n) is 7.69. The van der Waals surface area contributed by atoms with Crippen molar-refractivity contribution in [2.24, 2.45) is 17.3 Å². The molecule has 3 fully saturated rings. The van der Waals surface area contributed by atoms with Crippen molar-refractivity contribution in [1.82, 2.24) is 14.7 Å². The predicted octanol–water partition coefficient (Wildman–Crippen LogP) is 1.21. The molecule has 2 saturated heterocycles. The number of piperidine rings is 1. The van der Waals surface area contributed by atoms with Gasteiger partial charge >= 0.3 is 0 Å². The van der Waals surface area contributed by atoms with Crippen LogP contribution in [0, 0.1) is 17.3 Å². The molecule has 3 aliphatic rings. The molecule has 1 spiro atoms. The minimum atomic E-state index is 0.732. The normalized spacial score (nSPS) is 43.5. The van der Waals surface area contributed by atoms with Gasteiger partial charge in [0.2, 0.25) is 0 Å². The van der Waals surface area contributed by atoms with Gasteiger partial charge in [0, 0.05) is 39.3 Å². The lowest BCUT2D eigenvalue weighted by molar-refractivity contribution is 0.103. The van der Waals surface area contributed by atoms with Crippen LogP contribution in [0.15, 0.2) is 0 Å². The zero-order valence-electron chi connectivity index (χ0n) is 12.4. The van der Waals surface area contributed by atoms with Gasteiger partial charge in [-0.2, -0.15) is 0 Å². The molecule has 2 unspecified atom stereocenters. The quantitative estimate of drug-likeness (QED) is 0.730. The minimum Gasteiger partial charge on any atom is -0.306 e. The fourth-order valence-electron chi connectivity index (χ4n) is 4.28. The fraction of sp³-hybridized carbons (Fsp3) is 1.00. The van der Waals surface area contributed by atoms with Crippen molar-refractivity contribution in [2.45, 2.75) is 19.8 Å². The molecule has 0 N–H and O–H groups in total. The van der Waals surface area contributed by atoms with E-state index in [1.54, 1.807) is 0 Å². The molecule has 0 aromatic heterocycles. The Balaban J connectivity index is 1.51. The van der Waals surface area contributed by atoms with Gasteiger partial charge in [-0.05, 0) is 50.7 Å². The molecule has 3 atom stereocenters. The molecular weight excluding hydrogens is 222 g/mol. The van der Waals surface area contributed by atoms with E-state index in [9.17, 15) is 0 Å². The number of likely N-dealkylation sites (tertiary alicyclic amines) is 1. The number of hydrogen-bond donors (Lipinski definition) is 0. The van der Waals surface area contributed by atoms with Crippen LogP contribution in [0.5, 0.6) is 0 Å². The topological polar surface area (TPSA) is 9.72 Å². The number of hydrogen-bond acceptors (Lipinski definition) is 3. The van der Waals surface area contributed by atoms with Crippen molar-refractivity contribution in [1.29, 1.82) is 0 Å². The molecule has 3 rings (SSSR count). The largest absolute Gasteiger partial charge is 0.306 e. The van der Waals surface area contributed by atoms with E-state index in [2.05, 4.69) is 35.7 Å². The first-order valence-corrected chi connectivity index (χ1v) is 7.69. The molecule has 2 heterocycles. The van der Waals surface area contributed by atoms with Gasteiger partial charge in [0.1, 0.15) is 0 Å². The lowest BCUT2D eigenvalue weighted by Gasteiger charge is -2.38. The molecular formula is C15H29N3. The average molecular weight is 251 g/mol. The van der Waals surface area contributed by atoms with Crippen LogP contribution in [0.4, 0.5) is 0 Å². The Morgan fingerprint density at radius 2 is 1.72 bits per heavy atom. The van der Waals surface area contributed by atoms with Gasteiger partial charge in [-0.25, -0.2) is 0 Å². The van der Waals surface area contributed by atoms with Gasteiger partial charge in [0.15, 0.2) is 0 Å². The summed E-state index contributed by atoms with van der Waals surface area (Å²) in [6, 6.07) is 0. The monoisotopic (exact) mass is 251 g/mol. The zero-order chi connectivity index (χ0) is 12.8. The lowest BCUT2D eigenvalue weighted by atomic mass is 9.81. The lowest BCUT2D eigenvalue weighted by Crippen LogP contribution is -2.46. The number of rotatable bonds is 2. The maximum Gasteiger partial charge on any atom is 0.0110 e. The standard InChI is InChI=1S/C15H29N3/c1-13-11-17(3)5-4-15(13)10-14(15)12-18-8-6-16(2)7-9-18/h13-14H,4-12H2,1-3H3/t13-,14?,15?/m1/s1. The van der Waals surface area contributed by atoms with E-state index in [0.29, 0.717) is 0 Å². The van der Waals surface area contributed by atoms with Crippen LogP contribution in [-0.4, -0.2) is 74.6 Å². The average Bonchev–Trinajstić information content (AvgIpc) is 3.02. The highest BCUT2D eigenvalue weighted by atomic mass is 15.2. The van der Waals surface area contributed by atoms with E-state index in [1.807, 2.05) is 0 Å². The van der Waals surface area contributed by atoms with Crippen LogP contribution in [-0.2, 0) is 0 Å². The van der Waals surface area contributed by atoms with Crippen molar-refractivity contribution >= 4 is 0 Å². The molecule has 2 aliphatic heterocycles. The van der Waals surface area contributed by atoms with Crippen molar-refractivity contribution < 1.29 is 0 Å². The summed E-state index contributed by atoms with van der Waals surface area (Å²) in [6.45, 7) is 11.6. The molecule has 0 aromatic carbocycles. The summed E-state index contributed by atoms with van der Waals surface area (Å²) in [5.74, 6) is 1.92. The second-order valence-electron chi connectivity index (χ2n) is 7.15. The van der Waals surface area contributed by atoms with Gasteiger partial charge in [0.25, 0.3) is 0 Å². The second-order valence-corrected chi connectivity index (χ2v) is 7.15.